The Morgan fingerprint density at radius 2 is 1.90 bits per heavy atom. The van der Waals surface area contributed by atoms with E-state index in [-0.39, 0.29) is 5.82 Å². The SMILES string of the molecule is CN1CCOC(C)(c2ccc(-c3ccccc3)c(F)c2)C1. The topological polar surface area (TPSA) is 12.5 Å². The highest BCUT2D eigenvalue weighted by Gasteiger charge is 2.33. The summed E-state index contributed by atoms with van der Waals surface area (Å²) in [6.07, 6.45) is 0. The highest BCUT2D eigenvalue weighted by Crippen LogP contribution is 2.32. The molecule has 1 saturated heterocycles. The fraction of sp³-hybridized carbons (Fsp3) is 0.333. The molecule has 1 fully saturated rings. The second kappa shape index (κ2) is 5.58. The van der Waals surface area contributed by atoms with Crippen LogP contribution in [-0.4, -0.2) is 31.6 Å². The molecule has 1 atom stereocenters. The zero-order valence-corrected chi connectivity index (χ0v) is 12.5. The van der Waals surface area contributed by atoms with Crippen molar-refractivity contribution in [2.24, 2.45) is 0 Å². The van der Waals surface area contributed by atoms with Gasteiger partial charge in [0.25, 0.3) is 0 Å². The van der Waals surface area contributed by atoms with Gasteiger partial charge >= 0.3 is 0 Å². The van der Waals surface area contributed by atoms with Crippen LogP contribution in [0.15, 0.2) is 48.5 Å². The predicted molar refractivity (Wildman–Crippen MR) is 82.6 cm³/mol. The first kappa shape index (κ1) is 14.2. The maximum Gasteiger partial charge on any atom is 0.131 e. The lowest BCUT2D eigenvalue weighted by molar-refractivity contribution is -0.0964. The summed E-state index contributed by atoms with van der Waals surface area (Å²) in [4.78, 5) is 2.21. The number of rotatable bonds is 2. The van der Waals surface area contributed by atoms with E-state index < -0.39 is 5.60 Å². The summed E-state index contributed by atoms with van der Waals surface area (Å²) in [7, 11) is 2.06. The van der Waals surface area contributed by atoms with Gasteiger partial charge in [0.05, 0.1) is 6.61 Å². The van der Waals surface area contributed by atoms with Gasteiger partial charge in [0.2, 0.25) is 0 Å². The maximum atomic E-state index is 14.5. The summed E-state index contributed by atoms with van der Waals surface area (Å²) < 4.78 is 20.4. The Hall–Kier alpha value is -1.71. The highest BCUT2D eigenvalue weighted by molar-refractivity contribution is 5.64. The van der Waals surface area contributed by atoms with Gasteiger partial charge in [0.15, 0.2) is 0 Å². The Morgan fingerprint density at radius 3 is 2.57 bits per heavy atom. The third kappa shape index (κ3) is 2.85. The van der Waals surface area contributed by atoms with Gasteiger partial charge in [-0.05, 0) is 31.2 Å². The Kier molecular flexibility index (Phi) is 3.79. The maximum absolute atomic E-state index is 14.5. The molecule has 0 aromatic heterocycles. The lowest BCUT2D eigenvalue weighted by atomic mass is 9.91. The smallest absolute Gasteiger partial charge is 0.131 e. The van der Waals surface area contributed by atoms with Crippen LogP contribution in [0.5, 0.6) is 0 Å². The van der Waals surface area contributed by atoms with Crippen molar-refractivity contribution in [1.29, 1.82) is 0 Å². The van der Waals surface area contributed by atoms with Crippen LogP contribution in [0.25, 0.3) is 11.1 Å². The fourth-order valence-corrected chi connectivity index (χ4v) is 2.94. The zero-order chi connectivity index (χ0) is 14.9. The van der Waals surface area contributed by atoms with Gasteiger partial charge < -0.3 is 9.64 Å². The molecule has 0 radical (unpaired) electrons. The van der Waals surface area contributed by atoms with Crippen molar-refractivity contribution in [3.8, 4) is 11.1 Å². The number of ether oxygens (including phenoxy) is 1. The van der Waals surface area contributed by atoms with E-state index >= 15 is 0 Å². The second-order valence-electron chi connectivity index (χ2n) is 5.88. The quantitative estimate of drug-likeness (QED) is 0.834. The molecular formula is C18H20FNO. The lowest BCUT2D eigenvalue weighted by Gasteiger charge is -2.39. The number of hydrogen-bond acceptors (Lipinski definition) is 2. The van der Waals surface area contributed by atoms with E-state index in [1.807, 2.05) is 49.4 Å². The van der Waals surface area contributed by atoms with Crippen molar-refractivity contribution in [2.75, 3.05) is 26.7 Å². The van der Waals surface area contributed by atoms with Crippen LogP contribution < -0.4 is 0 Å². The third-order valence-electron chi connectivity index (χ3n) is 4.13. The normalized spacial score (nSPS) is 23.2. The first-order valence-electron chi connectivity index (χ1n) is 7.26. The van der Waals surface area contributed by atoms with E-state index in [9.17, 15) is 4.39 Å². The van der Waals surface area contributed by atoms with Crippen molar-refractivity contribution in [2.45, 2.75) is 12.5 Å². The van der Waals surface area contributed by atoms with Crippen LogP contribution in [0, 0.1) is 5.82 Å². The Labute approximate surface area is 125 Å². The van der Waals surface area contributed by atoms with Crippen LogP contribution in [0.1, 0.15) is 12.5 Å². The van der Waals surface area contributed by atoms with E-state index in [2.05, 4.69) is 11.9 Å². The molecule has 110 valence electrons. The molecule has 3 rings (SSSR count). The van der Waals surface area contributed by atoms with E-state index in [0.717, 1.165) is 24.2 Å². The van der Waals surface area contributed by atoms with Crippen LogP contribution in [0.3, 0.4) is 0 Å². The molecule has 1 aliphatic rings. The Balaban J connectivity index is 1.94. The number of hydrogen-bond donors (Lipinski definition) is 0. The molecule has 1 unspecified atom stereocenters. The largest absolute Gasteiger partial charge is 0.368 e. The summed E-state index contributed by atoms with van der Waals surface area (Å²) in [6, 6.07) is 15.1. The molecule has 0 bridgehead atoms. The summed E-state index contributed by atoms with van der Waals surface area (Å²) in [5.74, 6) is -0.197. The van der Waals surface area contributed by atoms with Crippen molar-refractivity contribution < 1.29 is 9.13 Å². The molecule has 21 heavy (non-hydrogen) atoms. The minimum Gasteiger partial charge on any atom is -0.368 e. The zero-order valence-electron chi connectivity index (χ0n) is 12.5. The molecule has 0 saturated carbocycles. The first-order chi connectivity index (χ1) is 10.1. The number of benzene rings is 2. The van der Waals surface area contributed by atoms with Crippen molar-refractivity contribution in [1.82, 2.24) is 4.90 Å². The van der Waals surface area contributed by atoms with Gasteiger partial charge in [0, 0.05) is 18.7 Å². The van der Waals surface area contributed by atoms with E-state index in [4.69, 9.17) is 4.74 Å². The lowest BCUT2D eigenvalue weighted by Crippen LogP contribution is -2.46. The van der Waals surface area contributed by atoms with Crippen molar-refractivity contribution >= 4 is 0 Å². The Morgan fingerprint density at radius 1 is 1.14 bits per heavy atom. The van der Waals surface area contributed by atoms with Gasteiger partial charge in [0.1, 0.15) is 11.4 Å². The Bertz CT molecular complexity index is 628. The summed E-state index contributed by atoms with van der Waals surface area (Å²) in [6.45, 7) is 4.39. The molecule has 1 heterocycles. The van der Waals surface area contributed by atoms with Gasteiger partial charge in [-0.3, -0.25) is 0 Å². The molecule has 0 amide bonds. The van der Waals surface area contributed by atoms with Gasteiger partial charge in [-0.1, -0.05) is 42.5 Å². The van der Waals surface area contributed by atoms with Crippen LogP contribution in [0.4, 0.5) is 4.39 Å². The highest BCUT2D eigenvalue weighted by atomic mass is 19.1. The second-order valence-corrected chi connectivity index (χ2v) is 5.88. The number of morpholine rings is 1. The molecule has 3 heteroatoms. The van der Waals surface area contributed by atoms with Crippen molar-refractivity contribution in [3.05, 3.63) is 59.9 Å². The standard InChI is InChI=1S/C18H20FNO/c1-18(13-20(2)10-11-21-18)15-8-9-16(17(19)12-15)14-6-4-3-5-7-14/h3-9,12H,10-11,13H2,1-2H3. The molecule has 0 N–H and O–H groups in total. The summed E-state index contributed by atoms with van der Waals surface area (Å²) >= 11 is 0. The molecule has 2 nitrogen and oxygen atoms in total. The molecule has 0 spiro atoms. The molecular weight excluding hydrogens is 265 g/mol. The number of halogens is 1. The average molecular weight is 285 g/mol. The fourth-order valence-electron chi connectivity index (χ4n) is 2.94. The van der Waals surface area contributed by atoms with E-state index in [1.54, 1.807) is 6.07 Å². The number of nitrogens with zero attached hydrogens (tertiary/aromatic N) is 1. The third-order valence-corrected chi connectivity index (χ3v) is 4.13. The van der Waals surface area contributed by atoms with Crippen molar-refractivity contribution in [3.63, 3.8) is 0 Å². The minimum atomic E-state index is -0.441. The minimum absolute atomic E-state index is 0.197. The summed E-state index contributed by atoms with van der Waals surface area (Å²) in [5.41, 5.74) is 1.98. The van der Waals surface area contributed by atoms with Crippen LogP contribution in [0.2, 0.25) is 0 Å². The first-order valence-corrected chi connectivity index (χ1v) is 7.26. The van der Waals surface area contributed by atoms with Gasteiger partial charge in [-0.15, -0.1) is 0 Å². The van der Waals surface area contributed by atoms with Gasteiger partial charge in [-0.2, -0.15) is 0 Å². The molecule has 0 aliphatic carbocycles. The average Bonchev–Trinajstić information content (AvgIpc) is 2.48. The molecule has 2 aromatic rings. The summed E-state index contributed by atoms with van der Waals surface area (Å²) in [5, 5.41) is 0. The van der Waals surface area contributed by atoms with Gasteiger partial charge in [-0.25, -0.2) is 4.39 Å². The van der Waals surface area contributed by atoms with Crippen LogP contribution >= 0.6 is 0 Å². The number of likely N-dealkylation sites (N-methyl/N-ethyl adjacent to an activating group) is 1. The van der Waals surface area contributed by atoms with E-state index in [1.165, 1.54) is 0 Å². The molecule has 2 aromatic carbocycles. The predicted octanol–water partition coefficient (Wildman–Crippen LogP) is 3.67. The van der Waals surface area contributed by atoms with Crippen LogP contribution in [-0.2, 0) is 10.3 Å². The van der Waals surface area contributed by atoms with E-state index in [0.29, 0.717) is 12.2 Å². The monoisotopic (exact) mass is 285 g/mol. The molecule has 1 aliphatic heterocycles.